The Morgan fingerprint density at radius 1 is 1.25 bits per heavy atom. The fourth-order valence-electron chi connectivity index (χ4n) is 2.06. The highest BCUT2D eigenvalue weighted by Crippen LogP contribution is 2.25. The van der Waals surface area contributed by atoms with Gasteiger partial charge in [-0.15, -0.1) is 0 Å². The molecule has 0 aliphatic carbocycles. The van der Waals surface area contributed by atoms with Crippen LogP contribution in [0.1, 0.15) is 19.3 Å². The van der Waals surface area contributed by atoms with E-state index in [0.717, 1.165) is 25.9 Å². The van der Waals surface area contributed by atoms with Gasteiger partial charge in [0.05, 0.1) is 5.69 Å². The molecular weight excluding hydrogens is 225 g/mol. The monoisotopic (exact) mass is 241 g/mol. The average molecular weight is 241 g/mol. The van der Waals surface area contributed by atoms with E-state index >= 15 is 0 Å². The van der Waals surface area contributed by atoms with Crippen molar-refractivity contribution in [3.63, 3.8) is 0 Å². The Kier molecular flexibility index (Phi) is 3.71. The summed E-state index contributed by atoms with van der Waals surface area (Å²) in [4.78, 5) is 2.62. The van der Waals surface area contributed by atoms with E-state index in [-0.39, 0.29) is 5.82 Å². The zero-order valence-corrected chi connectivity index (χ0v) is 10.2. The summed E-state index contributed by atoms with van der Waals surface area (Å²) in [6.45, 7) is 1.84. The van der Waals surface area contributed by atoms with Gasteiger partial charge in [-0.05, 0) is 42.6 Å². The highest BCUT2D eigenvalue weighted by molar-refractivity contribution is 7.90. The minimum absolute atomic E-state index is 0.255. The van der Waals surface area contributed by atoms with Gasteiger partial charge >= 0.3 is 0 Å². The van der Waals surface area contributed by atoms with E-state index in [1.165, 1.54) is 12.5 Å². The minimum Gasteiger partial charge on any atom is -0.612 e. The van der Waals surface area contributed by atoms with Crippen LogP contribution in [0.15, 0.2) is 23.1 Å². The fourth-order valence-corrected chi connectivity index (χ4v) is 2.59. The van der Waals surface area contributed by atoms with Gasteiger partial charge in [-0.25, -0.2) is 4.39 Å². The lowest BCUT2D eigenvalue weighted by Gasteiger charge is -2.29. The Morgan fingerprint density at radius 2 is 1.94 bits per heavy atom. The van der Waals surface area contributed by atoms with Crippen LogP contribution in [0.25, 0.3) is 0 Å². The number of benzene rings is 1. The molecule has 1 aromatic carbocycles. The summed E-state index contributed by atoms with van der Waals surface area (Å²) < 4.78 is 25.0. The van der Waals surface area contributed by atoms with Crippen molar-refractivity contribution >= 4 is 16.9 Å². The molecule has 16 heavy (non-hydrogen) atoms. The lowest BCUT2D eigenvalue weighted by atomic mass is 10.1. The van der Waals surface area contributed by atoms with Gasteiger partial charge in [-0.2, -0.15) is 0 Å². The van der Waals surface area contributed by atoms with E-state index in [4.69, 9.17) is 0 Å². The molecule has 0 unspecified atom stereocenters. The molecule has 0 radical (unpaired) electrons. The normalized spacial score (nSPS) is 18.6. The average Bonchev–Trinajstić information content (AvgIpc) is 2.30. The Balaban J connectivity index is 2.21. The first-order valence-corrected chi connectivity index (χ1v) is 7.12. The topological polar surface area (TPSA) is 26.3 Å². The predicted molar refractivity (Wildman–Crippen MR) is 64.8 cm³/mol. The molecule has 0 saturated carbocycles. The Morgan fingerprint density at radius 3 is 2.50 bits per heavy atom. The number of anilines is 1. The summed E-state index contributed by atoms with van der Waals surface area (Å²) in [5, 5.41) is 0. The second-order valence-electron chi connectivity index (χ2n) is 4.12. The third-order valence-corrected chi connectivity index (χ3v) is 3.87. The van der Waals surface area contributed by atoms with Crippen LogP contribution in [0.2, 0.25) is 0 Å². The second-order valence-corrected chi connectivity index (χ2v) is 5.49. The molecule has 0 spiro atoms. The van der Waals surface area contributed by atoms with Crippen LogP contribution >= 0.6 is 0 Å². The second kappa shape index (κ2) is 5.06. The molecule has 88 valence electrons. The van der Waals surface area contributed by atoms with E-state index in [1.807, 2.05) is 0 Å². The van der Waals surface area contributed by atoms with E-state index in [2.05, 4.69) is 4.90 Å². The van der Waals surface area contributed by atoms with Gasteiger partial charge < -0.3 is 9.45 Å². The van der Waals surface area contributed by atoms with Crippen molar-refractivity contribution in [2.75, 3.05) is 24.2 Å². The molecule has 4 heteroatoms. The maximum Gasteiger partial charge on any atom is 0.155 e. The highest BCUT2D eigenvalue weighted by Gasteiger charge is 2.16. The van der Waals surface area contributed by atoms with Crippen molar-refractivity contribution in [3.05, 3.63) is 24.0 Å². The zero-order valence-electron chi connectivity index (χ0n) is 9.41. The third kappa shape index (κ3) is 2.50. The lowest BCUT2D eigenvalue weighted by Crippen LogP contribution is -2.30. The molecule has 0 aromatic heterocycles. The van der Waals surface area contributed by atoms with Crippen molar-refractivity contribution in [2.45, 2.75) is 24.2 Å². The standard InChI is InChI=1S/C12H16FNOS/c1-16(15)10-5-6-12(11(13)9-10)14-7-3-2-4-8-14/h5-6,9H,2-4,7-8H2,1H3/t16-/m0/s1. The number of rotatable bonds is 2. The molecule has 1 atom stereocenters. The molecule has 1 aliphatic heterocycles. The van der Waals surface area contributed by atoms with Crippen LogP contribution in [-0.4, -0.2) is 23.9 Å². The van der Waals surface area contributed by atoms with Crippen LogP contribution in [0.4, 0.5) is 10.1 Å². The Labute approximate surface area is 98.6 Å². The number of piperidine rings is 1. The molecule has 1 aliphatic rings. The number of hydrogen-bond acceptors (Lipinski definition) is 2. The number of halogens is 1. The lowest BCUT2D eigenvalue weighted by molar-refractivity contribution is 0.554. The summed E-state index contributed by atoms with van der Waals surface area (Å²) in [5.74, 6) is -0.255. The van der Waals surface area contributed by atoms with Gasteiger partial charge in [0.1, 0.15) is 6.26 Å². The molecule has 0 amide bonds. The summed E-state index contributed by atoms with van der Waals surface area (Å²) in [7, 11) is 0. The summed E-state index contributed by atoms with van der Waals surface area (Å²) in [6.07, 6.45) is 5.05. The van der Waals surface area contributed by atoms with Gasteiger partial charge in [-0.1, -0.05) is 0 Å². The van der Waals surface area contributed by atoms with E-state index in [0.29, 0.717) is 10.6 Å². The summed E-state index contributed by atoms with van der Waals surface area (Å²) >= 11 is -1.11. The molecule has 1 heterocycles. The first kappa shape index (κ1) is 11.7. The first-order valence-electron chi connectivity index (χ1n) is 5.56. The van der Waals surface area contributed by atoms with Crippen LogP contribution < -0.4 is 4.90 Å². The smallest absolute Gasteiger partial charge is 0.155 e. The summed E-state index contributed by atoms with van der Waals surface area (Å²) in [5.41, 5.74) is 0.647. The SMILES string of the molecule is C[S@+]([O-])c1ccc(N2CCCCC2)c(F)c1. The van der Waals surface area contributed by atoms with Crippen molar-refractivity contribution in [1.82, 2.24) is 0 Å². The molecule has 0 bridgehead atoms. The molecule has 1 fully saturated rings. The van der Waals surface area contributed by atoms with Crippen LogP contribution in [0.5, 0.6) is 0 Å². The molecule has 2 nitrogen and oxygen atoms in total. The van der Waals surface area contributed by atoms with Gasteiger partial charge in [0, 0.05) is 19.2 Å². The van der Waals surface area contributed by atoms with E-state index < -0.39 is 11.2 Å². The van der Waals surface area contributed by atoms with Crippen molar-refractivity contribution < 1.29 is 8.94 Å². The Bertz CT molecular complexity index is 364. The third-order valence-electron chi connectivity index (χ3n) is 2.95. The maximum atomic E-state index is 13.8. The minimum atomic E-state index is -1.11. The van der Waals surface area contributed by atoms with Gasteiger partial charge in [-0.3, -0.25) is 0 Å². The molecule has 2 rings (SSSR count). The van der Waals surface area contributed by atoms with Gasteiger partial charge in [0.15, 0.2) is 10.7 Å². The first-order chi connectivity index (χ1) is 7.68. The molecule has 0 N–H and O–H groups in total. The summed E-state index contributed by atoms with van der Waals surface area (Å²) in [6, 6.07) is 4.89. The quantitative estimate of drug-likeness (QED) is 0.744. The number of nitrogens with zero attached hydrogens (tertiary/aromatic N) is 1. The van der Waals surface area contributed by atoms with Crippen molar-refractivity contribution in [2.24, 2.45) is 0 Å². The van der Waals surface area contributed by atoms with E-state index in [9.17, 15) is 8.94 Å². The highest BCUT2D eigenvalue weighted by atomic mass is 32.2. The predicted octanol–water partition coefficient (Wildman–Crippen LogP) is 2.55. The van der Waals surface area contributed by atoms with Gasteiger partial charge in [0.2, 0.25) is 0 Å². The maximum absolute atomic E-state index is 13.8. The van der Waals surface area contributed by atoms with Crippen molar-refractivity contribution in [1.29, 1.82) is 0 Å². The van der Waals surface area contributed by atoms with Gasteiger partial charge in [0.25, 0.3) is 0 Å². The molecular formula is C12H16FNOS. The van der Waals surface area contributed by atoms with Crippen LogP contribution in [0, 0.1) is 5.82 Å². The van der Waals surface area contributed by atoms with E-state index in [1.54, 1.807) is 18.4 Å². The largest absolute Gasteiger partial charge is 0.612 e. The Hall–Kier alpha value is -0.740. The molecule has 1 aromatic rings. The van der Waals surface area contributed by atoms with Crippen LogP contribution in [-0.2, 0) is 11.2 Å². The van der Waals surface area contributed by atoms with Crippen molar-refractivity contribution in [3.8, 4) is 0 Å². The fraction of sp³-hybridized carbons (Fsp3) is 0.500. The zero-order chi connectivity index (χ0) is 11.5. The molecule has 1 saturated heterocycles. The van der Waals surface area contributed by atoms with Crippen LogP contribution in [0.3, 0.4) is 0 Å². The number of hydrogen-bond donors (Lipinski definition) is 0.